The van der Waals surface area contributed by atoms with Crippen LogP contribution in [0.4, 0.5) is 5.82 Å². The normalized spacial score (nSPS) is 12.3. The highest BCUT2D eigenvalue weighted by Gasteiger charge is 2.28. The van der Waals surface area contributed by atoms with Crippen LogP contribution in [0.5, 0.6) is 0 Å². The second kappa shape index (κ2) is 7.75. The number of primary amides is 1. The lowest BCUT2D eigenvalue weighted by Gasteiger charge is -2.19. The van der Waals surface area contributed by atoms with E-state index in [1.54, 1.807) is 12.1 Å². The standard InChI is InChI=1S/C22H27ClN8O/c1-22(2,3)31-21-15(19(24)26-11-27-21)17(28-31)18-16(23)13-7-6-12(20(25)32)10-14(13)30(18)9-8-29(4)5/h6-7,10-11H,8-9H2,1-5H3,(H2,25,32)(H2,24,26,27). The van der Waals surface area contributed by atoms with E-state index in [4.69, 9.17) is 28.2 Å². The lowest BCUT2D eigenvalue weighted by Crippen LogP contribution is -2.23. The van der Waals surface area contributed by atoms with Crippen molar-refractivity contribution in [3.8, 4) is 11.4 Å². The van der Waals surface area contributed by atoms with Crippen LogP contribution in [0.2, 0.25) is 5.02 Å². The van der Waals surface area contributed by atoms with E-state index in [1.807, 2.05) is 45.6 Å². The number of nitrogens with zero attached hydrogens (tertiary/aromatic N) is 6. The molecule has 9 nitrogen and oxygen atoms in total. The Labute approximate surface area is 191 Å². The number of benzene rings is 1. The second-order valence-corrected chi connectivity index (χ2v) is 9.48. The van der Waals surface area contributed by atoms with E-state index in [9.17, 15) is 4.79 Å². The van der Waals surface area contributed by atoms with Gasteiger partial charge in [-0.2, -0.15) is 5.10 Å². The fourth-order valence-corrected chi connectivity index (χ4v) is 4.18. The van der Waals surface area contributed by atoms with Crippen LogP contribution in [-0.4, -0.2) is 55.8 Å². The summed E-state index contributed by atoms with van der Waals surface area (Å²) >= 11 is 6.94. The number of halogens is 1. The van der Waals surface area contributed by atoms with Crippen LogP contribution in [0, 0.1) is 0 Å². The number of carbonyl (C=O) groups is 1. The molecule has 1 aromatic carbocycles. The minimum atomic E-state index is -0.495. The molecule has 0 saturated heterocycles. The Bertz CT molecular complexity index is 1350. The van der Waals surface area contributed by atoms with Gasteiger partial charge in [0.1, 0.15) is 17.8 Å². The molecule has 3 aromatic heterocycles. The molecule has 0 saturated carbocycles. The highest BCUT2D eigenvalue weighted by Crippen LogP contribution is 2.41. The van der Waals surface area contributed by atoms with Crippen LogP contribution < -0.4 is 11.5 Å². The average Bonchev–Trinajstić information content (AvgIpc) is 3.22. The molecule has 0 unspecified atom stereocenters. The maximum absolute atomic E-state index is 11.8. The molecule has 10 heteroatoms. The zero-order chi connectivity index (χ0) is 23.4. The van der Waals surface area contributed by atoms with Crippen molar-refractivity contribution in [1.82, 2.24) is 29.2 Å². The Kier molecular flexibility index (Phi) is 5.34. The van der Waals surface area contributed by atoms with Gasteiger partial charge in [-0.1, -0.05) is 17.7 Å². The van der Waals surface area contributed by atoms with Crippen LogP contribution >= 0.6 is 11.6 Å². The fraction of sp³-hybridized carbons (Fsp3) is 0.364. The quantitative estimate of drug-likeness (QED) is 0.478. The molecule has 0 aliphatic heterocycles. The summed E-state index contributed by atoms with van der Waals surface area (Å²) in [6.07, 6.45) is 1.44. The molecule has 1 amide bonds. The Morgan fingerprint density at radius 1 is 1.22 bits per heavy atom. The van der Waals surface area contributed by atoms with Crippen molar-refractivity contribution in [2.45, 2.75) is 32.9 Å². The predicted octanol–water partition coefficient (Wildman–Crippen LogP) is 3.10. The Morgan fingerprint density at radius 2 is 1.94 bits per heavy atom. The number of nitrogens with two attached hydrogens (primary N) is 2. The van der Waals surface area contributed by atoms with Crippen molar-refractivity contribution >= 4 is 45.3 Å². The highest BCUT2D eigenvalue weighted by atomic mass is 35.5. The highest BCUT2D eigenvalue weighted by molar-refractivity contribution is 6.39. The number of anilines is 1. The predicted molar refractivity (Wildman–Crippen MR) is 128 cm³/mol. The van der Waals surface area contributed by atoms with Crippen molar-refractivity contribution in [2.75, 3.05) is 26.4 Å². The van der Waals surface area contributed by atoms with Crippen molar-refractivity contribution in [1.29, 1.82) is 0 Å². The smallest absolute Gasteiger partial charge is 0.248 e. The molecule has 0 bridgehead atoms. The topological polar surface area (TPSA) is 121 Å². The third-order valence-corrected chi connectivity index (χ3v) is 5.79. The molecular weight excluding hydrogens is 428 g/mol. The molecule has 0 fully saturated rings. The van der Waals surface area contributed by atoms with Crippen LogP contribution in [-0.2, 0) is 12.1 Å². The van der Waals surface area contributed by atoms with Gasteiger partial charge in [0.2, 0.25) is 5.91 Å². The number of likely N-dealkylation sites (N-methyl/N-ethyl adjacent to an activating group) is 1. The van der Waals surface area contributed by atoms with Gasteiger partial charge in [0.05, 0.1) is 27.2 Å². The third-order valence-electron chi connectivity index (χ3n) is 5.41. The first-order valence-corrected chi connectivity index (χ1v) is 10.6. The summed E-state index contributed by atoms with van der Waals surface area (Å²) in [5.74, 6) is -0.163. The van der Waals surface area contributed by atoms with E-state index in [-0.39, 0.29) is 5.54 Å². The number of nitrogen functional groups attached to an aromatic ring is 1. The van der Waals surface area contributed by atoms with Gasteiger partial charge in [-0.25, -0.2) is 14.6 Å². The van der Waals surface area contributed by atoms with Crippen LogP contribution in [0.15, 0.2) is 24.5 Å². The van der Waals surface area contributed by atoms with Gasteiger partial charge in [0.25, 0.3) is 0 Å². The summed E-state index contributed by atoms with van der Waals surface area (Å²) in [5, 5.41) is 6.89. The van der Waals surface area contributed by atoms with Gasteiger partial charge in [-0.15, -0.1) is 0 Å². The first-order chi connectivity index (χ1) is 15.0. The molecule has 0 aliphatic carbocycles. The zero-order valence-corrected chi connectivity index (χ0v) is 19.6. The number of rotatable bonds is 5. The van der Waals surface area contributed by atoms with Gasteiger partial charge in [0.15, 0.2) is 5.65 Å². The van der Waals surface area contributed by atoms with E-state index < -0.39 is 5.91 Å². The van der Waals surface area contributed by atoms with E-state index in [2.05, 4.69) is 19.4 Å². The zero-order valence-electron chi connectivity index (χ0n) is 18.8. The molecule has 4 N–H and O–H groups in total. The van der Waals surface area contributed by atoms with Crippen molar-refractivity contribution in [3.05, 3.63) is 35.1 Å². The minimum Gasteiger partial charge on any atom is -0.383 e. The van der Waals surface area contributed by atoms with Crippen LogP contribution in [0.3, 0.4) is 0 Å². The first-order valence-electron chi connectivity index (χ1n) is 10.3. The Balaban J connectivity index is 2.11. The number of aromatic nitrogens is 5. The summed E-state index contributed by atoms with van der Waals surface area (Å²) in [5.41, 5.74) is 14.7. The Hall–Kier alpha value is -3.17. The molecule has 0 atom stereocenters. The maximum Gasteiger partial charge on any atom is 0.248 e. The number of carbonyl (C=O) groups excluding carboxylic acids is 1. The van der Waals surface area contributed by atoms with E-state index in [0.717, 1.165) is 17.4 Å². The number of fused-ring (bicyclic) bond motifs is 2. The van der Waals surface area contributed by atoms with Gasteiger partial charge in [-0.05, 0) is 47.0 Å². The van der Waals surface area contributed by atoms with Crippen molar-refractivity contribution in [2.24, 2.45) is 5.73 Å². The molecule has 32 heavy (non-hydrogen) atoms. The fourth-order valence-electron chi connectivity index (χ4n) is 3.83. The summed E-state index contributed by atoms with van der Waals surface area (Å²) in [6, 6.07) is 5.27. The molecule has 0 aliphatic rings. The SMILES string of the molecule is CN(C)CCn1c(-c2nn(C(C)(C)C)c3ncnc(N)c23)c(Cl)c2ccc(C(N)=O)cc21. The lowest BCUT2D eigenvalue weighted by atomic mass is 10.1. The molecule has 0 spiro atoms. The Morgan fingerprint density at radius 3 is 2.56 bits per heavy atom. The lowest BCUT2D eigenvalue weighted by molar-refractivity contribution is 0.100. The van der Waals surface area contributed by atoms with Crippen molar-refractivity contribution < 1.29 is 4.79 Å². The average molecular weight is 455 g/mol. The van der Waals surface area contributed by atoms with E-state index in [0.29, 0.717) is 45.4 Å². The van der Waals surface area contributed by atoms with Crippen LogP contribution in [0.25, 0.3) is 33.3 Å². The summed E-state index contributed by atoms with van der Waals surface area (Å²) < 4.78 is 3.90. The summed E-state index contributed by atoms with van der Waals surface area (Å²) in [7, 11) is 3.99. The minimum absolute atomic E-state index is 0.332. The third kappa shape index (κ3) is 3.57. The van der Waals surface area contributed by atoms with Gasteiger partial charge in [-0.3, -0.25) is 4.79 Å². The number of hydrogen-bond acceptors (Lipinski definition) is 6. The maximum atomic E-state index is 11.8. The molecule has 3 heterocycles. The summed E-state index contributed by atoms with van der Waals surface area (Å²) in [4.78, 5) is 22.6. The molecule has 168 valence electrons. The first kappa shape index (κ1) is 22.0. The van der Waals surface area contributed by atoms with Crippen LogP contribution in [0.1, 0.15) is 31.1 Å². The molecule has 4 aromatic rings. The van der Waals surface area contributed by atoms with Gasteiger partial charge < -0.3 is 20.9 Å². The summed E-state index contributed by atoms with van der Waals surface area (Å²) in [6.45, 7) is 7.50. The van der Waals surface area contributed by atoms with E-state index >= 15 is 0 Å². The molecule has 0 radical (unpaired) electrons. The monoisotopic (exact) mass is 454 g/mol. The number of amides is 1. The molecule has 4 rings (SSSR count). The largest absolute Gasteiger partial charge is 0.383 e. The van der Waals surface area contributed by atoms with Crippen molar-refractivity contribution in [3.63, 3.8) is 0 Å². The van der Waals surface area contributed by atoms with Gasteiger partial charge >= 0.3 is 0 Å². The number of hydrogen-bond donors (Lipinski definition) is 2. The molecular formula is C22H27ClN8O. The second-order valence-electron chi connectivity index (χ2n) is 9.10. The van der Waals surface area contributed by atoms with E-state index in [1.165, 1.54) is 6.33 Å². The van der Waals surface area contributed by atoms with Gasteiger partial charge in [0, 0.05) is 24.0 Å².